The van der Waals surface area contributed by atoms with Crippen LogP contribution in [0.1, 0.15) is 5.56 Å². The van der Waals surface area contributed by atoms with Gasteiger partial charge in [0.05, 0.1) is 5.52 Å². The predicted molar refractivity (Wildman–Crippen MR) is 55.6 cm³/mol. The molecule has 0 aliphatic carbocycles. The molecule has 1 aromatic carbocycles. The summed E-state index contributed by atoms with van der Waals surface area (Å²) in [4.78, 5) is 4.19. The van der Waals surface area contributed by atoms with Gasteiger partial charge in [0.2, 0.25) is 0 Å². The maximum Gasteiger partial charge on any atom is 0.456 e. The summed E-state index contributed by atoms with van der Waals surface area (Å²) in [6.45, 7) is 0. The summed E-state index contributed by atoms with van der Waals surface area (Å²) in [6, 6.07) is 9.47. The van der Waals surface area contributed by atoms with Gasteiger partial charge >= 0.3 is 7.12 Å². The van der Waals surface area contributed by atoms with E-state index in [1.165, 1.54) is 0 Å². The summed E-state index contributed by atoms with van der Waals surface area (Å²) in [6.07, 6.45) is 1.92. The Kier molecular flexibility index (Phi) is 2.48. The fraction of sp³-hybridized carbons (Fsp3) is 0.100. The van der Waals surface area contributed by atoms with Crippen molar-refractivity contribution in [1.82, 2.24) is 4.98 Å². The average molecular weight is 187 g/mol. The number of aromatic nitrogens is 1. The highest BCUT2D eigenvalue weighted by Crippen LogP contribution is 2.16. The molecule has 0 radical (unpaired) electrons. The lowest BCUT2D eigenvalue weighted by atomic mass is 9.81. The summed E-state index contributed by atoms with van der Waals surface area (Å²) < 4.78 is 0. The highest BCUT2D eigenvalue weighted by molar-refractivity contribution is 6.40. The van der Waals surface area contributed by atoms with E-state index in [4.69, 9.17) is 10.0 Å². The Morgan fingerprint density at radius 1 is 1.14 bits per heavy atom. The largest absolute Gasteiger partial charge is 0.456 e. The molecule has 0 saturated carbocycles. The van der Waals surface area contributed by atoms with Crippen LogP contribution >= 0.6 is 0 Å². The van der Waals surface area contributed by atoms with Crippen LogP contribution in [0.25, 0.3) is 10.9 Å². The number of benzene rings is 1. The predicted octanol–water partition coefficient (Wildman–Crippen LogP) is 0.789. The van der Waals surface area contributed by atoms with E-state index in [9.17, 15) is 0 Å². The van der Waals surface area contributed by atoms with Crippen molar-refractivity contribution in [3.8, 4) is 0 Å². The molecule has 0 bridgehead atoms. The highest BCUT2D eigenvalue weighted by atomic mass is 16.4. The molecule has 4 heteroatoms. The molecule has 2 rings (SSSR count). The van der Waals surface area contributed by atoms with Gasteiger partial charge in [-0.1, -0.05) is 18.2 Å². The third-order valence-electron chi connectivity index (χ3n) is 2.14. The van der Waals surface area contributed by atoms with E-state index in [2.05, 4.69) is 4.98 Å². The second-order valence-electron chi connectivity index (χ2n) is 3.17. The van der Waals surface area contributed by atoms with Gasteiger partial charge < -0.3 is 10.0 Å². The average Bonchev–Trinajstić information content (AvgIpc) is 2.18. The molecule has 0 atom stereocenters. The van der Waals surface area contributed by atoms with E-state index < -0.39 is 7.12 Å². The number of rotatable bonds is 2. The number of fused-ring (bicyclic) bond motifs is 1. The van der Waals surface area contributed by atoms with Crippen LogP contribution in [0.4, 0.5) is 0 Å². The van der Waals surface area contributed by atoms with Gasteiger partial charge in [-0.05, 0) is 17.7 Å². The van der Waals surface area contributed by atoms with Crippen molar-refractivity contribution in [2.45, 2.75) is 6.32 Å². The van der Waals surface area contributed by atoms with E-state index in [1.807, 2.05) is 30.3 Å². The Morgan fingerprint density at radius 3 is 2.71 bits per heavy atom. The van der Waals surface area contributed by atoms with Crippen LogP contribution in [0.5, 0.6) is 0 Å². The molecule has 2 aromatic rings. The number of pyridine rings is 1. The lowest BCUT2D eigenvalue weighted by Gasteiger charge is -2.04. The van der Waals surface area contributed by atoms with Gasteiger partial charge in [0.15, 0.2) is 0 Å². The first-order valence-electron chi connectivity index (χ1n) is 4.46. The Labute approximate surface area is 82.2 Å². The third kappa shape index (κ3) is 1.76. The molecular weight excluding hydrogens is 177 g/mol. The molecule has 0 fully saturated rings. The van der Waals surface area contributed by atoms with E-state index in [0.717, 1.165) is 16.5 Å². The van der Waals surface area contributed by atoms with Crippen LogP contribution in [-0.4, -0.2) is 22.2 Å². The van der Waals surface area contributed by atoms with E-state index in [1.54, 1.807) is 6.20 Å². The van der Waals surface area contributed by atoms with Crippen molar-refractivity contribution in [3.63, 3.8) is 0 Å². The minimum absolute atomic E-state index is 0.239. The number of hydrogen-bond donors (Lipinski definition) is 2. The van der Waals surface area contributed by atoms with Gasteiger partial charge in [0, 0.05) is 17.9 Å². The molecule has 3 nitrogen and oxygen atoms in total. The monoisotopic (exact) mass is 187 g/mol. The van der Waals surface area contributed by atoms with E-state index in [-0.39, 0.29) is 6.32 Å². The van der Waals surface area contributed by atoms with Crippen molar-refractivity contribution < 1.29 is 10.0 Å². The van der Waals surface area contributed by atoms with Crippen molar-refractivity contribution in [2.24, 2.45) is 0 Å². The summed E-state index contributed by atoms with van der Waals surface area (Å²) >= 11 is 0. The minimum atomic E-state index is -1.30. The lowest BCUT2D eigenvalue weighted by molar-refractivity contribution is 0.405. The quantitative estimate of drug-likeness (QED) is 0.683. The summed E-state index contributed by atoms with van der Waals surface area (Å²) in [7, 11) is -1.30. The SMILES string of the molecule is OB(O)Cc1ccnc2ccccc12. The van der Waals surface area contributed by atoms with Gasteiger partial charge in [-0.2, -0.15) is 0 Å². The van der Waals surface area contributed by atoms with Gasteiger partial charge in [-0.25, -0.2) is 0 Å². The Balaban J connectivity index is 2.53. The first-order valence-corrected chi connectivity index (χ1v) is 4.46. The zero-order chi connectivity index (χ0) is 9.97. The molecule has 0 spiro atoms. The fourth-order valence-electron chi connectivity index (χ4n) is 1.53. The number of nitrogens with zero attached hydrogens (tertiary/aromatic N) is 1. The molecule has 0 aliphatic rings. The molecule has 0 amide bonds. The van der Waals surface area contributed by atoms with Crippen molar-refractivity contribution >= 4 is 18.0 Å². The summed E-state index contributed by atoms with van der Waals surface area (Å²) in [5, 5.41) is 18.8. The summed E-state index contributed by atoms with van der Waals surface area (Å²) in [5.41, 5.74) is 1.79. The van der Waals surface area contributed by atoms with Gasteiger partial charge in [0.1, 0.15) is 0 Å². The molecule has 14 heavy (non-hydrogen) atoms. The van der Waals surface area contributed by atoms with E-state index in [0.29, 0.717) is 0 Å². The molecule has 0 unspecified atom stereocenters. The first-order chi connectivity index (χ1) is 6.77. The Morgan fingerprint density at radius 2 is 1.93 bits per heavy atom. The zero-order valence-corrected chi connectivity index (χ0v) is 7.59. The molecule has 0 saturated heterocycles. The van der Waals surface area contributed by atoms with Crippen LogP contribution in [0.15, 0.2) is 36.5 Å². The number of para-hydroxylation sites is 1. The van der Waals surface area contributed by atoms with Crippen molar-refractivity contribution in [1.29, 1.82) is 0 Å². The van der Waals surface area contributed by atoms with Crippen LogP contribution in [-0.2, 0) is 6.32 Å². The Bertz CT molecular complexity index is 440. The third-order valence-corrected chi connectivity index (χ3v) is 2.14. The normalized spacial score (nSPS) is 10.4. The molecular formula is C10H10BNO2. The van der Waals surface area contributed by atoms with Crippen LogP contribution in [0.2, 0.25) is 0 Å². The van der Waals surface area contributed by atoms with Crippen LogP contribution in [0.3, 0.4) is 0 Å². The summed E-state index contributed by atoms with van der Waals surface area (Å²) in [5.74, 6) is 0. The first kappa shape index (κ1) is 9.18. The zero-order valence-electron chi connectivity index (χ0n) is 7.59. The number of hydrogen-bond acceptors (Lipinski definition) is 3. The highest BCUT2D eigenvalue weighted by Gasteiger charge is 2.10. The molecule has 70 valence electrons. The standard InChI is InChI=1S/C10H10BNO2/c13-11(14)7-8-5-6-12-10-4-2-1-3-9(8)10/h1-6,13-14H,7H2. The van der Waals surface area contributed by atoms with Gasteiger partial charge in [-0.15, -0.1) is 0 Å². The van der Waals surface area contributed by atoms with Crippen LogP contribution in [0, 0.1) is 0 Å². The molecule has 2 N–H and O–H groups in total. The van der Waals surface area contributed by atoms with Gasteiger partial charge in [-0.3, -0.25) is 4.98 Å². The van der Waals surface area contributed by atoms with Gasteiger partial charge in [0.25, 0.3) is 0 Å². The minimum Gasteiger partial charge on any atom is -0.427 e. The molecule has 0 aliphatic heterocycles. The maximum atomic E-state index is 8.90. The lowest BCUT2D eigenvalue weighted by Crippen LogP contribution is -2.15. The Hall–Kier alpha value is -1.39. The fourth-order valence-corrected chi connectivity index (χ4v) is 1.53. The topological polar surface area (TPSA) is 53.4 Å². The molecule has 1 aromatic heterocycles. The smallest absolute Gasteiger partial charge is 0.427 e. The second-order valence-corrected chi connectivity index (χ2v) is 3.17. The van der Waals surface area contributed by atoms with Crippen molar-refractivity contribution in [2.75, 3.05) is 0 Å². The molecule has 1 heterocycles. The second kappa shape index (κ2) is 3.78. The maximum absolute atomic E-state index is 8.90. The van der Waals surface area contributed by atoms with Crippen LogP contribution < -0.4 is 0 Å². The van der Waals surface area contributed by atoms with Crippen molar-refractivity contribution in [3.05, 3.63) is 42.1 Å². The van der Waals surface area contributed by atoms with E-state index >= 15 is 0 Å².